The highest BCUT2D eigenvalue weighted by molar-refractivity contribution is 9.10. The third-order valence-electron chi connectivity index (χ3n) is 4.53. The molecule has 25 heavy (non-hydrogen) atoms. The largest absolute Gasteiger partial charge is 0.493 e. The molecule has 1 atom stereocenters. The highest BCUT2D eigenvalue weighted by Gasteiger charge is 2.37. The molecule has 2 aromatic rings. The summed E-state index contributed by atoms with van der Waals surface area (Å²) in [5.74, 6) is 1.36. The summed E-state index contributed by atoms with van der Waals surface area (Å²) in [4.78, 5) is 14.8. The van der Waals surface area contributed by atoms with Crippen LogP contribution in [0.3, 0.4) is 0 Å². The van der Waals surface area contributed by atoms with Gasteiger partial charge in [0.25, 0.3) is 0 Å². The summed E-state index contributed by atoms with van der Waals surface area (Å²) in [6, 6.07) is 11.9. The molecule has 0 saturated carbocycles. The second kappa shape index (κ2) is 7.48. The normalized spacial score (nSPS) is 16.1. The van der Waals surface area contributed by atoms with Gasteiger partial charge in [0.15, 0.2) is 11.5 Å². The molecule has 1 heterocycles. The number of hydrogen-bond donors (Lipinski definition) is 0. The first-order valence-electron chi connectivity index (χ1n) is 8.50. The molecule has 1 aliphatic rings. The van der Waals surface area contributed by atoms with Gasteiger partial charge < -0.3 is 14.4 Å². The Morgan fingerprint density at radius 2 is 2.00 bits per heavy atom. The van der Waals surface area contributed by atoms with Crippen LogP contribution in [0.1, 0.15) is 30.9 Å². The minimum atomic E-state index is -0.209. The van der Waals surface area contributed by atoms with Crippen LogP contribution < -0.4 is 14.4 Å². The summed E-state index contributed by atoms with van der Waals surface area (Å²) in [6.45, 7) is 5.17. The lowest BCUT2D eigenvalue weighted by Gasteiger charge is -2.17. The fraction of sp³-hybridized carbons (Fsp3) is 0.350. The van der Waals surface area contributed by atoms with Crippen molar-refractivity contribution in [2.24, 2.45) is 0 Å². The molecule has 0 spiro atoms. The number of nitrogens with zero attached hydrogens (tertiary/aromatic N) is 1. The van der Waals surface area contributed by atoms with Crippen LogP contribution in [0.15, 0.2) is 40.9 Å². The number of halogens is 1. The Morgan fingerprint density at radius 3 is 2.68 bits per heavy atom. The number of carbonyl (C=O) groups is 1. The Bertz CT molecular complexity index is 791. The zero-order valence-electron chi connectivity index (χ0n) is 14.7. The number of fused-ring (bicyclic) bond motifs is 1. The van der Waals surface area contributed by atoms with E-state index in [1.165, 1.54) is 0 Å². The Kier molecular flexibility index (Phi) is 5.33. The molecule has 0 bridgehead atoms. The van der Waals surface area contributed by atoms with Gasteiger partial charge in [0, 0.05) is 16.7 Å². The van der Waals surface area contributed by atoms with Crippen LogP contribution in [0.5, 0.6) is 11.5 Å². The molecule has 1 aliphatic heterocycles. The molecule has 1 amide bonds. The van der Waals surface area contributed by atoms with E-state index in [1.54, 1.807) is 7.11 Å². The quantitative estimate of drug-likeness (QED) is 0.709. The number of ether oxygens (including phenoxy) is 2. The maximum atomic E-state index is 13.0. The van der Waals surface area contributed by atoms with Crippen LogP contribution in [-0.2, 0) is 11.2 Å². The first kappa shape index (κ1) is 17.8. The molecule has 0 fully saturated rings. The third-order valence-corrected chi connectivity index (χ3v) is 5.02. The predicted molar refractivity (Wildman–Crippen MR) is 103 cm³/mol. The number of amides is 1. The number of anilines is 1. The fourth-order valence-electron chi connectivity index (χ4n) is 3.42. The van der Waals surface area contributed by atoms with Gasteiger partial charge in [-0.2, -0.15) is 0 Å². The number of benzene rings is 2. The van der Waals surface area contributed by atoms with Crippen LogP contribution >= 0.6 is 15.9 Å². The van der Waals surface area contributed by atoms with Crippen molar-refractivity contribution in [2.45, 2.75) is 26.2 Å². The molecule has 5 heteroatoms. The van der Waals surface area contributed by atoms with E-state index in [2.05, 4.69) is 15.9 Å². The highest BCUT2D eigenvalue weighted by atomic mass is 79.9. The van der Waals surface area contributed by atoms with Gasteiger partial charge in [0.1, 0.15) is 0 Å². The second-order valence-corrected chi connectivity index (χ2v) is 6.84. The Hall–Kier alpha value is -2.01. The lowest BCUT2D eigenvalue weighted by Crippen LogP contribution is -2.29. The van der Waals surface area contributed by atoms with E-state index < -0.39 is 0 Å². The monoisotopic (exact) mass is 403 g/mol. The van der Waals surface area contributed by atoms with Crippen LogP contribution in [0.2, 0.25) is 0 Å². The van der Waals surface area contributed by atoms with Gasteiger partial charge >= 0.3 is 0 Å². The lowest BCUT2D eigenvalue weighted by atomic mass is 9.92. The van der Waals surface area contributed by atoms with E-state index >= 15 is 0 Å². The maximum absolute atomic E-state index is 13.0. The zero-order chi connectivity index (χ0) is 18.0. The van der Waals surface area contributed by atoms with E-state index in [-0.39, 0.29) is 11.8 Å². The summed E-state index contributed by atoms with van der Waals surface area (Å²) in [5, 5.41) is 0. The predicted octanol–water partition coefficient (Wildman–Crippen LogP) is 4.55. The second-order valence-electron chi connectivity index (χ2n) is 5.92. The smallest absolute Gasteiger partial charge is 0.234 e. The van der Waals surface area contributed by atoms with Crippen LogP contribution in [-0.4, -0.2) is 26.2 Å². The third kappa shape index (κ3) is 3.25. The number of likely N-dealkylation sites (N-methyl/N-ethyl adjacent to an activating group) is 1. The fourth-order valence-corrected chi connectivity index (χ4v) is 3.80. The average molecular weight is 404 g/mol. The van der Waals surface area contributed by atoms with Crippen molar-refractivity contribution in [3.05, 3.63) is 52.0 Å². The molecular formula is C20H22BrNO3. The lowest BCUT2D eigenvalue weighted by molar-refractivity contribution is -0.119. The van der Waals surface area contributed by atoms with Crippen LogP contribution in [0.4, 0.5) is 5.69 Å². The van der Waals surface area contributed by atoms with Crippen molar-refractivity contribution < 1.29 is 14.3 Å². The van der Waals surface area contributed by atoms with Crippen LogP contribution in [0, 0.1) is 0 Å². The molecule has 0 aliphatic carbocycles. The van der Waals surface area contributed by atoms with Gasteiger partial charge in [0.2, 0.25) is 5.91 Å². The summed E-state index contributed by atoms with van der Waals surface area (Å²) >= 11 is 3.53. The molecule has 132 valence electrons. The first-order valence-corrected chi connectivity index (χ1v) is 9.29. The average Bonchev–Trinajstić information content (AvgIpc) is 2.87. The van der Waals surface area contributed by atoms with Crippen molar-refractivity contribution in [3.8, 4) is 11.5 Å². The number of methoxy groups -OCH3 is 1. The number of carbonyl (C=O) groups excluding carboxylic acids is 1. The van der Waals surface area contributed by atoms with Gasteiger partial charge in [-0.05, 0) is 55.7 Å². The molecule has 1 unspecified atom stereocenters. The molecule has 4 nitrogen and oxygen atoms in total. The van der Waals surface area contributed by atoms with E-state index in [0.717, 1.165) is 27.0 Å². The van der Waals surface area contributed by atoms with Crippen molar-refractivity contribution in [3.63, 3.8) is 0 Å². The van der Waals surface area contributed by atoms with Crippen LogP contribution in [0.25, 0.3) is 0 Å². The Labute approximate surface area is 156 Å². The zero-order valence-corrected chi connectivity index (χ0v) is 16.3. The van der Waals surface area contributed by atoms with Crippen molar-refractivity contribution in [1.29, 1.82) is 0 Å². The number of hydrogen-bond acceptors (Lipinski definition) is 3. The molecule has 0 radical (unpaired) electrons. The molecule has 2 aromatic carbocycles. The molecule has 3 rings (SSSR count). The summed E-state index contributed by atoms with van der Waals surface area (Å²) < 4.78 is 12.2. The van der Waals surface area contributed by atoms with Gasteiger partial charge in [-0.1, -0.05) is 28.1 Å². The van der Waals surface area contributed by atoms with E-state index in [0.29, 0.717) is 25.3 Å². The molecule has 0 aromatic heterocycles. The number of para-hydroxylation sites is 1. The minimum absolute atomic E-state index is 0.140. The molecule has 0 saturated heterocycles. The van der Waals surface area contributed by atoms with Gasteiger partial charge in [-0.15, -0.1) is 0 Å². The summed E-state index contributed by atoms with van der Waals surface area (Å²) in [6.07, 6.45) is 0.589. The number of rotatable bonds is 6. The standard InChI is InChI=1S/C20H22BrNO3/c1-4-22-17-10-9-14(21)12-15(17)16(20(22)23)11-13-7-6-8-18(24-3)19(13)25-5-2/h6-10,12,16H,4-5,11H2,1-3H3. The van der Waals surface area contributed by atoms with Crippen molar-refractivity contribution >= 4 is 27.5 Å². The van der Waals surface area contributed by atoms with Gasteiger partial charge in [-0.25, -0.2) is 0 Å². The summed E-state index contributed by atoms with van der Waals surface area (Å²) in [5.41, 5.74) is 3.05. The first-order chi connectivity index (χ1) is 12.1. The van der Waals surface area contributed by atoms with E-state index in [4.69, 9.17) is 9.47 Å². The van der Waals surface area contributed by atoms with Gasteiger partial charge in [0.05, 0.1) is 19.6 Å². The van der Waals surface area contributed by atoms with E-state index in [1.807, 2.05) is 55.1 Å². The van der Waals surface area contributed by atoms with E-state index in [9.17, 15) is 4.79 Å². The summed E-state index contributed by atoms with van der Waals surface area (Å²) in [7, 11) is 1.63. The molecule has 0 N–H and O–H groups in total. The van der Waals surface area contributed by atoms with Gasteiger partial charge in [-0.3, -0.25) is 4.79 Å². The van der Waals surface area contributed by atoms with Crippen molar-refractivity contribution in [1.82, 2.24) is 0 Å². The molecular weight excluding hydrogens is 382 g/mol. The topological polar surface area (TPSA) is 38.8 Å². The Balaban J connectivity index is 2.02. The Morgan fingerprint density at radius 1 is 1.20 bits per heavy atom. The maximum Gasteiger partial charge on any atom is 0.234 e. The highest BCUT2D eigenvalue weighted by Crippen LogP contribution is 2.42. The minimum Gasteiger partial charge on any atom is -0.493 e. The van der Waals surface area contributed by atoms with Crippen molar-refractivity contribution in [2.75, 3.05) is 25.2 Å². The SMILES string of the molecule is CCOc1c(CC2C(=O)N(CC)c3ccc(Br)cc32)cccc1OC.